The quantitative estimate of drug-likeness (QED) is 0.0627. The van der Waals surface area contributed by atoms with Gasteiger partial charge >= 0.3 is 0 Å². The first kappa shape index (κ1) is 40.4. The molecule has 0 radical (unpaired) electrons. The summed E-state index contributed by atoms with van der Waals surface area (Å²) in [5.41, 5.74) is 2.03. The third-order valence-electron chi connectivity index (χ3n) is 8.50. The lowest BCUT2D eigenvalue weighted by Crippen LogP contribution is -2.48. The summed E-state index contributed by atoms with van der Waals surface area (Å²) in [6.07, 6.45) is 2.86. The number of rotatable bonds is 20. The average molecular weight is 749 g/mol. The second kappa shape index (κ2) is 18.9. The summed E-state index contributed by atoms with van der Waals surface area (Å²) in [6.45, 7) is 11.8. The van der Waals surface area contributed by atoms with Gasteiger partial charge in [-0.05, 0) is 55.6 Å². The number of imidazole rings is 1. The number of anilines is 1. The zero-order valence-corrected chi connectivity index (χ0v) is 32.4. The summed E-state index contributed by atoms with van der Waals surface area (Å²) < 4.78 is 35.3. The predicted octanol–water partition coefficient (Wildman–Crippen LogP) is 4.94. The highest BCUT2D eigenvalue weighted by molar-refractivity contribution is 7.92. The maximum Gasteiger partial charge on any atom is 0.251 e. The summed E-state index contributed by atoms with van der Waals surface area (Å²) in [5.74, 6) is -0.496. The minimum absolute atomic E-state index is 0.0585. The van der Waals surface area contributed by atoms with Gasteiger partial charge in [0.15, 0.2) is 0 Å². The van der Waals surface area contributed by atoms with Crippen molar-refractivity contribution in [3.8, 4) is 0 Å². The van der Waals surface area contributed by atoms with Gasteiger partial charge in [-0.2, -0.15) is 0 Å². The van der Waals surface area contributed by atoms with Crippen molar-refractivity contribution in [2.75, 3.05) is 23.6 Å². The molecule has 0 fully saturated rings. The van der Waals surface area contributed by atoms with Crippen LogP contribution in [0.1, 0.15) is 57.6 Å². The SMILES string of the molecule is CCS(=O)(=O)Nc1cc(C(=O)N[C@@H](Cc2ccccc2)[C@H](O)CNCc2nccn2COCC[Si](C)(C)C)cc(C(=O)N[C@H](C)c2ccccc2)c1. The number of hydrogen-bond donors (Lipinski definition) is 5. The molecule has 12 nitrogen and oxygen atoms in total. The van der Waals surface area contributed by atoms with Crippen LogP contribution >= 0.6 is 0 Å². The Morgan fingerprint density at radius 3 is 2.21 bits per heavy atom. The van der Waals surface area contributed by atoms with E-state index in [2.05, 4.69) is 45.3 Å². The fourth-order valence-electron chi connectivity index (χ4n) is 5.35. The minimum Gasteiger partial charge on any atom is -0.390 e. The zero-order chi connectivity index (χ0) is 37.7. The standard InChI is InChI=1S/C38H52N6O6SSi/c1-6-51(48,49)43-33-23-31(37(46)41-28(2)30-15-11-8-12-16-30)22-32(24-33)38(47)42-34(21-29-13-9-7-10-14-29)35(45)25-39-26-36-40-17-18-44(36)27-50-19-20-52(3,4)5/h7-18,22-24,28,34-35,39,43,45H,6,19-21,25-27H2,1-5H3,(H,41,46)(H,42,47)/t28-,34+,35-/m1/s1. The molecule has 3 aromatic carbocycles. The number of amides is 2. The molecule has 4 aromatic rings. The number of aliphatic hydroxyl groups is 1. The van der Waals surface area contributed by atoms with Gasteiger partial charge in [-0.3, -0.25) is 14.3 Å². The summed E-state index contributed by atoms with van der Waals surface area (Å²) in [5, 5.41) is 20.5. The third-order valence-corrected chi connectivity index (χ3v) is 11.5. The Morgan fingerprint density at radius 2 is 1.58 bits per heavy atom. The molecule has 0 spiro atoms. The number of benzene rings is 3. The number of ether oxygens (including phenoxy) is 1. The number of nitrogens with one attached hydrogen (secondary N) is 4. The van der Waals surface area contributed by atoms with E-state index in [-0.39, 0.29) is 35.2 Å². The molecule has 280 valence electrons. The van der Waals surface area contributed by atoms with Crippen LogP contribution in [0.5, 0.6) is 0 Å². The molecule has 0 aliphatic carbocycles. The summed E-state index contributed by atoms with van der Waals surface area (Å²) in [6, 6.07) is 23.1. The molecule has 2 amide bonds. The number of carbonyl (C=O) groups excluding carboxylic acids is 2. The van der Waals surface area contributed by atoms with Gasteiger partial charge in [-0.15, -0.1) is 0 Å². The molecule has 52 heavy (non-hydrogen) atoms. The van der Waals surface area contributed by atoms with E-state index in [4.69, 9.17) is 4.74 Å². The number of hydrogen-bond acceptors (Lipinski definition) is 8. The smallest absolute Gasteiger partial charge is 0.251 e. The van der Waals surface area contributed by atoms with Crippen molar-refractivity contribution in [3.63, 3.8) is 0 Å². The van der Waals surface area contributed by atoms with Gasteiger partial charge < -0.3 is 30.4 Å². The van der Waals surface area contributed by atoms with Crippen LogP contribution in [0.4, 0.5) is 5.69 Å². The molecule has 0 saturated carbocycles. The molecule has 0 unspecified atom stereocenters. The number of aliphatic hydroxyl groups excluding tert-OH is 1. The molecule has 1 heterocycles. The monoisotopic (exact) mass is 748 g/mol. The van der Waals surface area contributed by atoms with Gasteiger partial charge in [0, 0.05) is 44.7 Å². The van der Waals surface area contributed by atoms with Crippen molar-refractivity contribution in [3.05, 3.63) is 119 Å². The maximum atomic E-state index is 13.9. The molecule has 4 rings (SSSR count). The zero-order valence-electron chi connectivity index (χ0n) is 30.6. The lowest BCUT2D eigenvalue weighted by Gasteiger charge is -2.25. The molecule has 1 aromatic heterocycles. The topological polar surface area (TPSA) is 164 Å². The largest absolute Gasteiger partial charge is 0.390 e. The molecular weight excluding hydrogens is 697 g/mol. The van der Waals surface area contributed by atoms with Crippen molar-refractivity contribution in [1.82, 2.24) is 25.5 Å². The van der Waals surface area contributed by atoms with Gasteiger partial charge in [0.05, 0.1) is 36.2 Å². The van der Waals surface area contributed by atoms with Gasteiger partial charge in [0.1, 0.15) is 12.6 Å². The Kier molecular flexibility index (Phi) is 14.7. The van der Waals surface area contributed by atoms with E-state index < -0.39 is 42.1 Å². The number of sulfonamides is 1. The van der Waals surface area contributed by atoms with E-state index in [1.807, 2.05) is 78.4 Å². The molecule has 0 aliphatic heterocycles. The van der Waals surface area contributed by atoms with Crippen LogP contribution in [-0.2, 0) is 34.5 Å². The van der Waals surface area contributed by atoms with E-state index in [1.54, 1.807) is 6.20 Å². The summed E-state index contributed by atoms with van der Waals surface area (Å²) in [7, 11) is -4.92. The van der Waals surface area contributed by atoms with Crippen LogP contribution in [0.2, 0.25) is 25.7 Å². The lowest BCUT2D eigenvalue weighted by atomic mass is 10.00. The van der Waals surface area contributed by atoms with Crippen LogP contribution in [0.15, 0.2) is 91.3 Å². The Morgan fingerprint density at radius 1 is 0.942 bits per heavy atom. The van der Waals surface area contributed by atoms with Crippen LogP contribution in [-0.4, -0.2) is 74.0 Å². The van der Waals surface area contributed by atoms with Gasteiger partial charge in [-0.25, -0.2) is 13.4 Å². The van der Waals surface area contributed by atoms with E-state index in [9.17, 15) is 23.1 Å². The Labute approximate surface area is 308 Å². The Balaban J connectivity index is 1.50. The fraction of sp³-hybridized carbons (Fsp3) is 0.395. The fourth-order valence-corrected chi connectivity index (χ4v) is 6.73. The van der Waals surface area contributed by atoms with E-state index >= 15 is 0 Å². The Bertz CT molecular complexity index is 1850. The molecule has 0 bridgehead atoms. The summed E-state index contributed by atoms with van der Waals surface area (Å²) >= 11 is 0. The summed E-state index contributed by atoms with van der Waals surface area (Å²) in [4.78, 5) is 31.7. The highest BCUT2D eigenvalue weighted by atomic mass is 32.2. The van der Waals surface area contributed by atoms with Crippen molar-refractivity contribution in [2.24, 2.45) is 0 Å². The second-order valence-electron chi connectivity index (χ2n) is 14.0. The van der Waals surface area contributed by atoms with Crippen LogP contribution in [0.3, 0.4) is 0 Å². The molecule has 5 N–H and O–H groups in total. The second-order valence-corrected chi connectivity index (χ2v) is 21.7. The third kappa shape index (κ3) is 13.0. The van der Waals surface area contributed by atoms with E-state index in [0.717, 1.165) is 23.0 Å². The molecule has 3 atom stereocenters. The van der Waals surface area contributed by atoms with Crippen LogP contribution in [0.25, 0.3) is 0 Å². The van der Waals surface area contributed by atoms with Crippen LogP contribution < -0.4 is 20.7 Å². The predicted molar refractivity (Wildman–Crippen MR) is 207 cm³/mol. The van der Waals surface area contributed by atoms with Gasteiger partial charge in [-0.1, -0.05) is 80.3 Å². The Hall–Kier alpha value is -4.34. The van der Waals surface area contributed by atoms with Crippen molar-refractivity contribution in [2.45, 2.75) is 77.4 Å². The van der Waals surface area contributed by atoms with Gasteiger partial charge in [0.2, 0.25) is 10.0 Å². The maximum absolute atomic E-state index is 13.9. The van der Waals surface area contributed by atoms with Crippen molar-refractivity contribution in [1.29, 1.82) is 0 Å². The number of aromatic nitrogens is 2. The highest BCUT2D eigenvalue weighted by Crippen LogP contribution is 2.20. The number of nitrogens with zero attached hydrogens (tertiary/aromatic N) is 2. The average Bonchev–Trinajstić information content (AvgIpc) is 3.56. The van der Waals surface area contributed by atoms with Gasteiger partial charge in [0.25, 0.3) is 11.8 Å². The van der Waals surface area contributed by atoms with E-state index in [0.29, 0.717) is 26.3 Å². The van der Waals surface area contributed by atoms with Crippen molar-refractivity contribution >= 4 is 35.6 Å². The van der Waals surface area contributed by atoms with E-state index in [1.165, 1.54) is 25.1 Å². The first-order chi connectivity index (χ1) is 24.7. The van der Waals surface area contributed by atoms with Crippen LogP contribution in [0, 0.1) is 0 Å². The first-order valence-corrected chi connectivity index (χ1v) is 22.9. The normalized spacial score (nSPS) is 13.6. The molecule has 14 heteroatoms. The highest BCUT2D eigenvalue weighted by Gasteiger charge is 2.24. The van der Waals surface area contributed by atoms with Crippen molar-refractivity contribution < 1.29 is 27.9 Å². The lowest BCUT2D eigenvalue weighted by molar-refractivity contribution is 0.0813. The minimum atomic E-state index is -3.72. The number of carbonyl (C=O) groups is 2. The first-order valence-electron chi connectivity index (χ1n) is 17.6. The molecular formula is C38H52N6O6SSi. The molecule has 0 saturated heterocycles. The molecule has 0 aliphatic rings.